The van der Waals surface area contributed by atoms with E-state index in [-0.39, 0.29) is 28.1 Å². The molecule has 0 bridgehead atoms. The maximum Gasteiger partial charge on any atom is 0.517 e. The molecule has 0 atom stereocenters. The molecule has 0 radical (unpaired) electrons. The van der Waals surface area contributed by atoms with Gasteiger partial charge in [0.25, 0.3) is 0 Å². The zero-order valence-electron chi connectivity index (χ0n) is 20.1. The molecule has 5 aliphatic heterocycles. The largest absolute Gasteiger partial charge is 0.517 e. The third kappa shape index (κ3) is 3.00. The monoisotopic (exact) mass is 475 g/mol. The van der Waals surface area contributed by atoms with Crippen LogP contribution in [0.5, 0.6) is 0 Å². The van der Waals surface area contributed by atoms with Gasteiger partial charge in [-0.15, -0.1) is 0 Å². The van der Waals surface area contributed by atoms with Gasteiger partial charge in [0.2, 0.25) is 0 Å². The quantitative estimate of drug-likeness (QED) is 0.505. The second-order valence-corrected chi connectivity index (χ2v) is 9.60. The van der Waals surface area contributed by atoms with Gasteiger partial charge in [0, 0.05) is 28.9 Å². The van der Waals surface area contributed by atoms with Crippen LogP contribution in [0, 0.1) is 0 Å². The lowest BCUT2D eigenvalue weighted by atomic mass is 9.45. The highest BCUT2D eigenvalue weighted by molar-refractivity contribution is 6.91. The molecule has 3 aromatic rings. The fourth-order valence-corrected chi connectivity index (χ4v) is 6.08. The molecule has 5 aliphatic rings. The van der Waals surface area contributed by atoms with Gasteiger partial charge in [0.15, 0.2) is 0 Å². The fourth-order valence-electron chi connectivity index (χ4n) is 6.08. The summed E-state index contributed by atoms with van der Waals surface area (Å²) in [5.41, 5.74) is 3.55. The Morgan fingerprint density at radius 1 is 0.622 bits per heavy atom. The van der Waals surface area contributed by atoms with E-state index in [0.29, 0.717) is 0 Å². The molecule has 37 heavy (non-hydrogen) atoms. The molecule has 0 N–H and O–H groups in total. The van der Waals surface area contributed by atoms with Gasteiger partial charge in [-0.3, -0.25) is 0 Å². The molecular weight excluding hydrogens is 454 g/mol. The Bertz CT molecular complexity index is 1580. The van der Waals surface area contributed by atoms with Gasteiger partial charge in [-0.05, 0) is 54.9 Å². The second kappa shape index (κ2) is 8.00. The standard InChI is InChI=1S/C26H21B4N7/c1-3-11-25-23(9-1)24-10-2-4-12-26(24)36(25)22-13-20-34-27-14-5-6-18-33(27)28-15-7-17-32-37(28)30-31-16-8-19-35(30)29(34)21-22/h1-21H. The van der Waals surface area contributed by atoms with Crippen molar-refractivity contribution >= 4 is 68.0 Å². The normalized spacial score (nSPS) is 19.4. The predicted molar refractivity (Wildman–Crippen MR) is 157 cm³/mol. The van der Waals surface area contributed by atoms with Crippen LogP contribution in [-0.4, -0.2) is 64.1 Å². The summed E-state index contributed by atoms with van der Waals surface area (Å²) < 4.78 is 9.42. The molecule has 8 rings (SSSR count). The molecule has 0 spiro atoms. The zero-order valence-corrected chi connectivity index (χ0v) is 20.1. The van der Waals surface area contributed by atoms with E-state index in [0.717, 1.165) is 5.70 Å². The molecular formula is C26H21B4N7. The third-order valence-electron chi connectivity index (χ3n) is 7.66. The van der Waals surface area contributed by atoms with Crippen LogP contribution in [0.2, 0.25) is 0 Å². The van der Waals surface area contributed by atoms with Crippen molar-refractivity contribution in [3.8, 4) is 0 Å². The van der Waals surface area contributed by atoms with E-state index in [9.17, 15) is 0 Å². The molecule has 11 heteroatoms. The van der Waals surface area contributed by atoms with E-state index < -0.39 is 0 Å². The van der Waals surface area contributed by atoms with Crippen LogP contribution < -0.4 is 0 Å². The minimum Gasteiger partial charge on any atom is -0.423 e. The van der Waals surface area contributed by atoms with Crippen LogP contribution in [0.15, 0.2) is 125 Å². The van der Waals surface area contributed by atoms with Crippen LogP contribution in [0.3, 0.4) is 0 Å². The number of hydrogen-bond donors (Lipinski definition) is 0. The molecule has 172 valence electrons. The second-order valence-electron chi connectivity index (χ2n) is 9.60. The Hall–Kier alpha value is -4.52. The molecule has 0 amide bonds. The van der Waals surface area contributed by atoms with Crippen LogP contribution >= 0.6 is 0 Å². The highest BCUT2D eigenvalue weighted by atomic mass is 15.5. The first-order valence-electron chi connectivity index (χ1n) is 12.6. The summed E-state index contributed by atoms with van der Waals surface area (Å²) in [6.07, 6.45) is 20.7. The Balaban J connectivity index is 1.32. The van der Waals surface area contributed by atoms with Crippen molar-refractivity contribution < 1.29 is 0 Å². The molecule has 0 aliphatic carbocycles. The average Bonchev–Trinajstić information content (AvgIpc) is 3.31. The van der Waals surface area contributed by atoms with Gasteiger partial charge in [0.1, 0.15) is 0 Å². The Morgan fingerprint density at radius 3 is 2.19 bits per heavy atom. The minimum atomic E-state index is -0.272. The van der Waals surface area contributed by atoms with E-state index in [1.807, 2.05) is 24.6 Å². The number of rotatable bonds is 1. The first-order chi connectivity index (χ1) is 18.4. The SMILES string of the molecule is C1=CB2N3C=CC(n4c5ccccc5c5ccccc54)=CB3N3C=CC=NB3N3N=CC=CB3N2C=C1. The molecule has 0 saturated carbocycles. The van der Waals surface area contributed by atoms with Crippen molar-refractivity contribution in [1.82, 2.24) is 23.6 Å². The van der Waals surface area contributed by atoms with Gasteiger partial charge in [0.05, 0.1) is 11.0 Å². The summed E-state index contributed by atoms with van der Waals surface area (Å²) in [5, 5.41) is 7.31. The zero-order chi connectivity index (χ0) is 24.3. The summed E-state index contributed by atoms with van der Waals surface area (Å²) in [5.74, 6) is 6.78. The van der Waals surface area contributed by atoms with E-state index in [1.54, 1.807) is 0 Å². The molecule has 2 aromatic carbocycles. The Morgan fingerprint density at radius 2 is 1.35 bits per heavy atom. The highest BCUT2D eigenvalue weighted by Crippen LogP contribution is 2.35. The number of aromatic nitrogens is 1. The van der Waals surface area contributed by atoms with Crippen molar-refractivity contribution in [1.29, 1.82) is 0 Å². The van der Waals surface area contributed by atoms with Crippen molar-refractivity contribution in [2.75, 3.05) is 0 Å². The van der Waals surface area contributed by atoms with Crippen LogP contribution in [0.25, 0.3) is 27.5 Å². The summed E-state index contributed by atoms with van der Waals surface area (Å²) in [6, 6.07) is 17.3. The van der Waals surface area contributed by atoms with Crippen LogP contribution in [0.1, 0.15) is 0 Å². The molecule has 6 heterocycles. The summed E-state index contributed by atoms with van der Waals surface area (Å²) >= 11 is 0. The molecule has 1 fully saturated rings. The highest BCUT2D eigenvalue weighted by Gasteiger charge is 2.52. The van der Waals surface area contributed by atoms with Crippen molar-refractivity contribution in [3.63, 3.8) is 0 Å². The molecule has 1 aromatic heterocycles. The van der Waals surface area contributed by atoms with Gasteiger partial charge < -0.3 is 28.5 Å². The van der Waals surface area contributed by atoms with E-state index in [2.05, 4.69) is 127 Å². The van der Waals surface area contributed by atoms with Gasteiger partial charge in [-0.2, -0.15) is 0 Å². The van der Waals surface area contributed by atoms with Crippen LogP contribution in [0.4, 0.5) is 0 Å². The number of fused-ring (bicyclic) bond motifs is 11. The summed E-state index contributed by atoms with van der Waals surface area (Å²) in [4.78, 5) is 6.97. The predicted octanol–water partition coefficient (Wildman–Crippen LogP) is 3.69. The minimum absolute atomic E-state index is 0.0212. The van der Waals surface area contributed by atoms with E-state index >= 15 is 0 Å². The maximum absolute atomic E-state index is 4.89. The maximum atomic E-state index is 4.89. The lowest BCUT2D eigenvalue weighted by molar-refractivity contribution is 0.560. The van der Waals surface area contributed by atoms with Crippen molar-refractivity contribution in [3.05, 3.63) is 115 Å². The number of para-hydroxylation sites is 2. The third-order valence-corrected chi connectivity index (χ3v) is 7.66. The number of benzene rings is 2. The number of hydrazone groups is 1. The summed E-state index contributed by atoms with van der Waals surface area (Å²) in [7, 11) is -0.272. The summed E-state index contributed by atoms with van der Waals surface area (Å²) in [6.45, 7) is -0.110. The smallest absolute Gasteiger partial charge is 0.423 e. The number of allylic oxidation sites excluding steroid dienone is 6. The molecule has 0 unspecified atom stereocenters. The first-order valence-corrected chi connectivity index (χ1v) is 12.6. The lowest BCUT2D eigenvalue weighted by Gasteiger charge is -2.51. The van der Waals surface area contributed by atoms with E-state index in [1.165, 1.54) is 21.8 Å². The van der Waals surface area contributed by atoms with Gasteiger partial charge in [-0.1, -0.05) is 60.5 Å². The Kier molecular flexibility index (Phi) is 4.46. The van der Waals surface area contributed by atoms with Crippen molar-refractivity contribution in [2.24, 2.45) is 10.0 Å². The van der Waals surface area contributed by atoms with Crippen LogP contribution in [-0.2, 0) is 0 Å². The topological polar surface area (TPSA) is 42.6 Å². The van der Waals surface area contributed by atoms with Gasteiger partial charge >= 0.3 is 28.1 Å². The van der Waals surface area contributed by atoms with Gasteiger partial charge in [-0.25, -0.2) is 5.10 Å². The van der Waals surface area contributed by atoms with Crippen molar-refractivity contribution in [2.45, 2.75) is 0 Å². The number of nitrogens with zero attached hydrogens (tertiary/aromatic N) is 7. The molecule has 7 nitrogen and oxygen atoms in total. The Labute approximate surface area is 216 Å². The van der Waals surface area contributed by atoms with E-state index in [4.69, 9.17) is 10.0 Å². The number of hydrogen-bond acceptors (Lipinski definition) is 6. The lowest BCUT2D eigenvalue weighted by Crippen LogP contribution is -2.73. The average molecular weight is 475 g/mol. The fraction of sp³-hybridized carbons (Fsp3) is 0. The first kappa shape index (κ1) is 20.7. The molecule has 1 saturated heterocycles.